The highest BCUT2D eigenvalue weighted by atomic mass is 32.2. The van der Waals surface area contributed by atoms with Crippen molar-refractivity contribution in [3.05, 3.63) is 11.9 Å². The molecule has 0 bridgehead atoms. The molecular formula is C7H12N4O3S. The van der Waals surface area contributed by atoms with Gasteiger partial charge in [0.1, 0.15) is 9.84 Å². The van der Waals surface area contributed by atoms with Gasteiger partial charge >= 0.3 is 0 Å². The average Bonchev–Trinajstić information content (AvgIpc) is 2.63. The first-order valence-electron chi connectivity index (χ1n) is 4.31. The van der Waals surface area contributed by atoms with Crippen LogP contribution in [0.4, 0.5) is 0 Å². The number of H-pyrrole nitrogens is 1. The van der Waals surface area contributed by atoms with Gasteiger partial charge in [0.2, 0.25) is 0 Å². The zero-order chi connectivity index (χ0) is 11.3. The molecule has 0 fully saturated rings. The number of sulfone groups is 1. The van der Waals surface area contributed by atoms with Crippen molar-refractivity contribution in [2.24, 2.45) is 0 Å². The van der Waals surface area contributed by atoms with Crippen molar-refractivity contribution < 1.29 is 13.2 Å². The van der Waals surface area contributed by atoms with E-state index in [2.05, 4.69) is 20.7 Å². The number of hydrogen-bond donors (Lipinski definition) is 2. The lowest BCUT2D eigenvalue weighted by molar-refractivity contribution is 0.0948. The smallest absolute Gasteiger partial charge is 0.273 e. The second-order valence-corrected chi connectivity index (χ2v) is 5.35. The predicted octanol–water partition coefficient (Wildman–Crippen LogP) is -1.03. The Morgan fingerprint density at radius 2 is 2.33 bits per heavy atom. The van der Waals surface area contributed by atoms with Gasteiger partial charge in [-0.3, -0.25) is 4.79 Å². The highest BCUT2D eigenvalue weighted by Gasteiger charge is 2.08. The van der Waals surface area contributed by atoms with Crippen LogP contribution in [0.25, 0.3) is 0 Å². The topological polar surface area (TPSA) is 105 Å². The number of hydrogen-bond acceptors (Lipinski definition) is 5. The number of amides is 1. The summed E-state index contributed by atoms with van der Waals surface area (Å²) in [7, 11) is -2.96. The lowest BCUT2D eigenvalue weighted by Crippen LogP contribution is -2.26. The van der Waals surface area contributed by atoms with Gasteiger partial charge in [-0.15, -0.1) is 0 Å². The monoisotopic (exact) mass is 232 g/mol. The minimum Gasteiger partial charge on any atom is -0.351 e. The van der Waals surface area contributed by atoms with E-state index in [0.717, 1.165) is 6.26 Å². The van der Waals surface area contributed by atoms with Gasteiger partial charge in [0, 0.05) is 12.8 Å². The summed E-state index contributed by atoms with van der Waals surface area (Å²) in [5.74, 6) is -0.302. The third kappa shape index (κ3) is 4.54. The summed E-state index contributed by atoms with van der Waals surface area (Å²) in [6.45, 7) is 0.304. The van der Waals surface area contributed by atoms with E-state index >= 15 is 0 Å². The lowest BCUT2D eigenvalue weighted by atomic mass is 10.4. The van der Waals surface area contributed by atoms with Gasteiger partial charge in [0.25, 0.3) is 5.91 Å². The summed E-state index contributed by atoms with van der Waals surface area (Å²) in [6.07, 6.45) is 2.85. The molecule has 0 atom stereocenters. The fourth-order valence-electron chi connectivity index (χ4n) is 0.938. The van der Waals surface area contributed by atoms with E-state index in [9.17, 15) is 13.2 Å². The van der Waals surface area contributed by atoms with Crippen LogP contribution in [0.15, 0.2) is 6.20 Å². The Balaban J connectivity index is 2.24. The van der Waals surface area contributed by atoms with Crippen LogP contribution in [0.1, 0.15) is 16.9 Å². The second-order valence-electron chi connectivity index (χ2n) is 3.09. The quantitative estimate of drug-likeness (QED) is 0.631. The van der Waals surface area contributed by atoms with Crippen LogP contribution in [-0.4, -0.2) is 48.3 Å². The number of aromatic nitrogens is 3. The Kier molecular flexibility index (Phi) is 3.78. The Bertz CT molecular complexity index is 411. The van der Waals surface area contributed by atoms with Gasteiger partial charge in [0.05, 0.1) is 11.9 Å². The van der Waals surface area contributed by atoms with Crippen LogP contribution in [0, 0.1) is 0 Å². The minimum absolute atomic E-state index is 0.0616. The SMILES string of the molecule is CS(=O)(=O)CCCNC(=O)c1cn[nH]n1. The summed E-state index contributed by atoms with van der Waals surface area (Å²) >= 11 is 0. The molecule has 84 valence electrons. The maximum Gasteiger partial charge on any atom is 0.273 e. The number of carbonyl (C=O) groups is 1. The molecule has 8 heteroatoms. The Morgan fingerprint density at radius 1 is 1.60 bits per heavy atom. The summed E-state index contributed by atoms with van der Waals surface area (Å²) in [6, 6.07) is 0. The molecule has 0 aliphatic rings. The zero-order valence-corrected chi connectivity index (χ0v) is 9.04. The first-order chi connectivity index (χ1) is 6.99. The largest absolute Gasteiger partial charge is 0.351 e. The highest BCUT2D eigenvalue weighted by Crippen LogP contribution is 1.90. The number of aromatic amines is 1. The molecule has 1 heterocycles. The number of carbonyl (C=O) groups excluding carboxylic acids is 1. The lowest BCUT2D eigenvalue weighted by Gasteiger charge is -2.01. The molecule has 0 saturated carbocycles. The number of nitrogens with zero attached hydrogens (tertiary/aromatic N) is 2. The van der Waals surface area contributed by atoms with Crippen molar-refractivity contribution in [3.63, 3.8) is 0 Å². The van der Waals surface area contributed by atoms with Gasteiger partial charge < -0.3 is 5.32 Å². The fraction of sp³-hybridized carbons (Fsp3) is 0.571. The maximum atomic E-state index is 11.2. The predicted molar refractivity (Wildman–Crippen MR) is 53.0 cm³/mol. The van der Waals surface area contributed by atoms with Gasteiger partial charge in [-0.25, -0.2) is 8.42 Å². The number of rotatable bonds is 5. The molecule has 0 aromatic carbocycles. The van der Waals surface area contributed by atoms with Crippen molar-refractivity contribution in [2.75, 3.05) is 18.6 Å². The van der Waals surface area contributed by atoms with Crippen LogP contribution in [0.3, 0.4) is 0 Å². The third-order valence-corrected chi connectivity index (χ3v) is 2.66. The summed E-state index contributed by atoms with van der Waals surface area (Å²) in [4.78, 5) is 11.2. The zero-order valence-electron chi connectivity index (χ0n) is 8.23. The standard InChI is InChI=1S/C7H12N4O3S/c1-15(13,14)4-2-3-8-7(12)6-5-9-11-10-6/h5H,2-4H2,1H3,(H,8,12)(H,9,10,11). The van der Waals surface area contributed by atoms with Gasteiger partial charge in [-0.1, -0.05) is 0 Å². The van der Waals surface area contributed by atoms with Gasteiger partial charge in [-0.2, -0.15) is 15.4 Å². The van der Waals surface area contributed by atoms with Crippen LogP contribution < -0.4 is 5.32 Å². The van der Waals surface area contributed by atoms with Crippen molar-refractivity contribution in [1.29, 1.82) is 0 Å². The minimum atomic E-state index is -2.96. The molecule has 7 nitrogen and oxygen atoms in total. The van der Waals surface area contributed by atoms with Gasteiger partial charge in [-0.05, 0) is 6.42 Å². The van der Waals surface area contributed by atoms with E-state index in [4.69, 9.17) is 0 Å². The molecule has 0 unspecified atom stereocenters. The molecule has 1 aromatic heterocycles. The Morgan fingerprint density at radius 3 is 2.87 bits per heavy atom. The van der Waals surface area contributed by atoms with Crippen LogP contribution in [-0.2, 0) is 9.84 Å². The molecule has 0 aliphatic heterocycles. The van der Waals surface area contributed by atoms with E-state index in [1.54, 1.807) is 0 Å². The maximum absolute atomic E-state index is 11.2. The molecule has 2 N–H and O–H groups in total. The normalized spacial score (nSPS) is 11.3. The van der Waals surface area contributed by atoms with Gasteiger partial charge in [0.15, 0.2) is 5.69 Å². The van der Waals surface area contributed by atoms with E-state index in [1.165, 1.54) is 6.20 Å². The van der Waals surface area contributed by atoms with Crippen molar-refractivity contribution in [2.45, 2.75) is 6.42 Å². The van der Waals surface area contributed by atoms with E-state index in [1.807, 2.05) is 0 Å². The molecule has 0 saturated heterocycles. The van der Waals surface area contributed by atoms with E-state index in [0.29, 0.717) is 13.0 Å². The molecule has 15 heavy (non-hydrogen) atoms. The van der Waals surface area contributed by atoms with E-state index < -0.39 is 9.84 Å². The Labute approximate surface area is 87.2 Å². The van der Waals surface area contributed by atoms with Crippen molar-refractivity contribution >= 4 is 15.7 Å². The van der Waals surface area contributed by atoms with Crippen LogP contribution >= 0.6 is 0 Å². The first-order valence-corrected chi connectivity index (χ1v) is 6.37. The average molecular weight is 232 g/mol. The third-order valence-electron chi connectivity index (χ3n) is 1.63. The molecule has 1 rings (SSSR count). The fourth-order valence-corrected chi connectivity index (χ4v) is 1.61. The molecule has 1 aromatic rings. The molecule has 0 aliphatic carbocycles. The summed E-state index contributed by atoms with van der Waals surface area (Å²) in [5.41, 5.74) is 0.189. The highest BCUT2D eigenvalue weighted by molar-refractivity contribution is 7.90. The molecule has 0 radical (unpaired) electrons. The first kappa shape index (κ1) is 11.6. The summed E-state index contributed by atoms with van der Waals surface area (Å²) < 4.78 is 21.5. The molecule has 1 amide bonds. The molecular weight excluding hydrogens is 220 g/mol. The second kappa shape index (κ2) is 4.87. The van der Waals surface area contributed by atoms with Crippen LogP contribution in [0.2, 0.25) is 0 Å². The molecule has 0 spiro atoms. The summed E-state index contributed by atoms with van der Waals surface area (Å²) in [5, 5.41) is 11.9. The number of nitrogens with one attached hydrogen (secondary N) is 2. The van der Waals surface area contributed by atoms with Crippen molar-refractivity contribution in [3.8, 4) is 0 Å². The van der Waals surface area contributed by atoms with Crippen LogP contribution in [0.5, 0.6) is 0 Å². The van der Waals surface area contributed by atoms with Crippen molar-refractivity contribution in [1.82, 2.24) is 20.7 Å². The van der Waals surface area contributed by atoms with E-state index in [-0.39, 0.29) is 17.4 Å². The Hall–Kier alpha value is -1.44.